The van der Waals surface area contributed by atoms with Crippen LogP contribution in [0.1, 0.15) is 30.0 Å². The Balaban J connectivity index is 2.00. The number of nitrogens with one attached hydrogen (secondary N) is 1. The lowest BCUT2D eigenvalue weighted by molar-refractivity contribution is -0.117. The fraction of sp³-hybridized carbons (Fsp3) is 0.188. The number of furan rings is 1. The first-order valence-corrected chi connectivity index (χ1v) is 6.45. The molecule has 0 saturated heterocycles. The summed E-state index contributed by atoms with van der Waals surface area (Å²) in [7, 11) is 0. The van der Waals surface area contributed by atoms with Gasteiger partial charge in [0.15, 0.2) is 0 Å². The molecule has 0 radical (unpaired) electrons. The van der Waals surface area contributed by atoms with Crippen molar-refractivity contribution >= 4 is 12.0 Å². The van der Waals surface area contributed by atoms with Crippen molar-refractivity contribution in [3.63, 3.8) is 0 Å². The van der Waals surface area contributed by atoms with Gasteiger partial charge in [0.1, 0.15) is 23.2 Å². The fourth-order valence-corrected chi connectivity index (χ4v) is 1.89. The Morgan fingerprint density at radius 3 is 2.67 bits per heavy atom. The summed E-state index contributed by atoms with van der Waals surface area (Å²) >= 11 is 0. The van der Waals surface area contributed by atoms with Crippen LogP contribution in [0.3, 0.4) is 0 Å². The van der Waals surface area contributed by atoms with Crippen LogP contribution < -0.4 is 5.32 Å². The summed E-state index contributed by atoms with van der Waals surface area (Å²) in [5.41, 5.74) is 0.229. The molecule has 1 aromatic heterocycles. The van der Waals surface area contributed by atoms with E-state index < -0.39 is 17.7 Å². The lowest BCUT2D eigenvalue weighted by Gasteiger charge is -2.13. The summed E-state index contributed by atoms with van der Waals surface area (Å²) in [6.45, 7) is 3.43. The van der Waals surface area contributed by atoms with Gasteiger partial charge in [0.2, 0.25) is 5.91 Å². The minimum Gasteiger partial charge on any atom is -0.462 e. The lowest BCUT2D eigenvalue weighted by atomic mass is 10.1. The molecule has 0 bridgehead atoms. The van der Waals surface area contributed by atoms with Gasteiger partial charge in [0.25, 0.3) is 0 Å². The predicted octanol–water partition coefficient (Wildman–Crippen LogP) is 3.76. The van der Waals surface area contributed by atoms with E-state index in [2.05, 4.69) is 5.32 Å². The molecule has 0 aliphatic heterocycles. The van der Waals surface area contributed by atoms with Gasteiger partial charge in [-0.25, -0.2) is 8.78 Å². The van der Waals surface area contributed by atoms with Gasteiger partial charge < -0.3 is 9.73 Å². The molecule has 3 nitrogen and oxygen atoms in total. The molecule has 0 spiro atoms. The van der Waals surface area contributed by atoms with Gasteiger partial charge in [-0.1, -0.05) is 6.07 Å². The highest BCUT2D eigenvalue weighted by atomic mass is 19.1. The molecule has 0 fully saturated rings. The maximum Gasteiger partial charge on any atom is 0.244 e. The molecule has 0 saturated carbocycles. The maximum absolute atomic E-state index is 13.6. The molecule has 0 aliphatic carbocycles. The summed E-state index contributed by atoms with van der Waals surface area (Å²) in [6, 6.07) is 6.22. The van der Waals surface area contributed by atoms with Crippen LogP contribution in [0.5, 0.6) is 0 Å². The summed E-state index contributed by atoms with van der Waals surface area (Å²) < 4.78 is 31.7. The van der Waals surface area contributed by atoms with Crippen LogP contribution in [-0.2, 0) is 4.79 Å². The Morgan fingerprint density at radius 1 is 1.29 bits per heavy atom. The first-order chi connectivity index (χ1) is 9.95. The molecular formula is C16H15F2NO2. The number of carbonyl (C=O) groups is 1. The first-order valence-electron chi connectivity index (χ1n) is 6.45. The number of aryl methyl sites for hydroxylation is 1. The molecular weight excluding hydrogens is 276 g/mol. The van der Waals surface area contributed by atoms with Crippen LogP contribution in [0.4, 0.5) is 8.78 Å². The third kappa shape index (κ3) is 4.02. The second kappa shape index (κ2) is 6.35. The molecule has 1 unspecified atom stereocenters. The van der Waals surface area contributed by atoms with E-state index in [9.17, 15) is 13.6 Å². The van der Waals surface area contributed by atoms with E-state index in [1.54, 1.807) is 26.0 Å². The molecule has 1 amide bonds. The average molecular weight is 291 g/mol. The Labute approximate surface area is 121 Å². The second-order valence-electron chi connectivity index (χ2n) is 4.68. The van der Waals surface area contributed by atoms with Crippen LogP contribution in [-0.4, -0.2) is 5.91 Å². The zero-order valence-corrected chi connectivity index (χ0v) is 11.7. The topological polar surface area (TPSA) is 42.2 Å². The van der Waals surface area contributed by atoms with Crippen LogP contribution in [0.15, 0.2) is 40.8 Å². The zero-order valence-electron chi connectivity index (χ0n) is 11.7. The van der Waals surface area contributed by atoms with Gasteiger partial charge in [-0.05, 0) is 38.1 Å². The van der Waals surface area contributed by atoms with E-state index in [1.807, 2.05) is 0 Å². The summed E-state index contributed by atoms with van der Waals surface area (Å²) in [5, 5.41) is 2.60. The van der Waals surface area contributed by atoms with Crippen molar-refractivity contribution in [3.05, 3.63) is 65.1 Å². The van der Waals surface area contributed by atoms with Crippen molar-refractivity contribution in [1.29, 1.82) is 0 Å². The molecule has 2 aromatic rings. The van der Waals surface area contributed by atoms with Gasteiger partial charge in [0.05, 0.1) is 6.04 Å². The van der Waals surface area contributed by atoms with Gasteiger partial charge in [-0.2, -0.15) is 0 Å². The molecule has 5 heteroatoms. The monoisotopic (exact) mass is 291 g/mol. The minimum absolute atomic E-state index is 0.229. The molecule has 1 atom stereocenters. The number of halogens is 2. The van der Waals surface area contributed by atoms with Gasteiger partial charge in [-0.3, -0.25) is 4.79 Å². The summed E-state index contributed by atoms with van der Waals surface area (Å²) in [6.07, 6.45) is 2.83. The number of benzene rings is 1. The summed E-state index contributed by atoms with van der Waals surface area (Å²) in [5.74, 6) is -0.420. The van der Waals surface area contributed by atoms with Crippen molar-refractivity contribution in [2.24, 2.45) is 0 Å². The second-order valence-corrected chi connectivity index (χ2v) is 4.68. The largest absolute Gasteiger partial charge is 0.462 e. The third-order valence-electron chi connectivity index (χ3n) is 2.95. The minimum atomic E-state index is -0.687. The molecule has 1 aromatic carbocycles. The van der Waals surface area contributed by atoms with E-state index in [4.69, 9.17) is 4.42 Å². The normalized spacial score (nSPS) is 12.6. The maximum atomic E-state index is 13.6. The first kappa shape index (κ1) is 15.0. The van der Waals surface area contributed by atoms with E-state index in [0.717, 1.165) is 17.9 Å². The fourth-order valence-electron chi connectivity index (χ4n) is 1.89. The summed E-state index contributed by atoms with van der Waals surface area (Å²) in [4.78, 5) is 11.7. The van der Waals surface area contributed by atoms with Crippen LogP contribution in [0, 0.1) is 18.6 Å². The van der Waals surface area contributed by atoms with Gasteiger partial charge in [0, 0.05) is 17.7 Å². The molecule has 110 valence electrons. The molecule has 1 N–H and O–H groups in total. The van der Waals surface area contributed by atoms with Crippen molar-refractivity contribution in [2.75, 3.05) is 0 Å². The van der Waals surface area contributed by atoms with Crippen LogP contribution >= 0.6 is 0 Å². The highest BCUT2D eigenvalue weighted by molar-refractivity contribution is 5.91. The van der Waals surface area contributed by atoms with E-state index in [1.165, 1.54) is 18.2 Å². The van der Waals surface area contributed by atoms with E-state index in [-0.39, 0.29) is 11.5 Å². The lowest BCUT2D eigenvalue weighted by Crippen LogP contribution is -2.25. The number of hydrogen-bond acceptors (Lipinski definition) is 2. The number of hydrogen-bond donors (Lipinski definition) is 1. The van der Waals surface area contributed by atoms with E-state index >= 15 is 0 Å². The SMILES string of the molecule is Cc1ccc(/C=C/C(=O)NC(C)c2ccc(F)cc2F)o1. The van der Waals surface area contributed by atoms with Crippen molar-refractivity contribution in [1.82, 2.24) is 5.32 Å². The molecule has 1 heterocycles. The quantitative estimate of drug-likeness (QED) is 0.872. The Bertz CT molecular complexity index is 677. The van der Waals surface area contributed by atoms with Crippen LogP contribution in [0.2, 0.25) is 0 Å². The number of carbonyl (C=O) groups excluding carboxylic acids is 1. The van der Waals surface area contributed by atoms with Gasteiger partial charge in [-0.15, -0.1) is 0 Å². The Morgan fingerprint density at radius 2 is 2.05 bits per heavy atom. The van der Waals surface area contributed by atoms with Crippen molar-refractivity contribution in [3.8, 4) is 0 Å². The standard InChI is InChI=1S/C16H15F2NO2/c1-10-3-5-13(21-10)6-8-16(20)19-11(2)14-7-4-12(17)9-15(14)18/h3-9,11H,1-2H3,(H,19,20)/b8-6+. The van der Waals surface area contributed by atoms with Crippen molar-refractivity contribution in [2.45, 2.75) is 19.9 Å². The molecule has 21 heavy (non-hydrogen) atoms. The van der Waals surface area contributed by atoms with Crippen LogP contribution in [0.25, 0.3) is 6.08 Å². The number of rotatable bonds is 4. The van der Waals surface area contributed by atoms with Gasteiger partial charge >= 0.3 is 0 Å². The predicted molar refractivity (Wildman–Crippen MR) is 75.4 cm³/mol. The average Bonchev–Trinajstić information content (AvgIpc) is 2.82. The molecule has 0 aliphatic rings. The van der Waals surface area contributed by atoms with Crippen molar-refractivity contribution < 1.29 is 18.0 Å². The molecule has 2 rings (SSSR count). The highest BCUT2D eigenvalue weighted by Gasteiger charge is 2.13. The third-order valence-corrected chi connectivity index (χ3v) is 2.95. The highest BCUT2D eigenvalue weighted by Crippen LogP contribution is 2.17. The Hall–Kier alpha value is -2.43. The van der Waals surface area contributed by atoms with E-state index in [0.29, 0.717) is 5.76 Å². The Kier molecular flexibility index (Phi) is 4.52. The zero-order chi connectivity index (χ0) is 15.4. The number of amides is 1. The smallest absolute Gasteiger partial charge is 0.244 e.